The summed E-state index contributed by atoms with van der Waals surface area (Å²) in [6, 6.07) is 6.04. The first kappa shape index (κ1) is 12.8. The minimum atomic E-state index is 0.225. The van der Waals surface area contributed by atoms with Gasteiger partial charge in [0.05, 0.1) is 0 Å². The van der Waals surface area contributed by atoms with E-state index in [-0.39, 0.29) is 5.78 Å². The number of oxazole rings is 1. The summed E-state index contributed by atoms with van der Waals surface area (Å²) in [5.41, 5.74) is 2.89. The van der Waals surface area contributed by atoms with Gasteiger partial charge in [0.15, 0.2) is 11.5 Å². The summed E-state index contributed by atoms with van der Waals surface area (Å²) in [4.78, 5) is 17.3. The van der Waals surface area contributed by atoms with Crippen molar-refractivity contribution in [2.45, 2.75) is 26.8 Å². The van der Waals surface area contributed by atoms with Crippen LogP contribution in [0.5, 0.6) is 0 Å². The third-order valence-corrected chi connectivity index (χ3v) is 2.86. The van der Waals surface area contributed by atoms with E-state index in [9.17, 15) is 4.79 Å². The van der Waals surface area contributed by atoms with E-state index in [1.165, 1.54) is 5.56 Å². The molecule has 0 unspecified atom stereocenters. The molecule has 0 bridgehead atoms. The second kappa shape index (κ2) is 5.31. The van der Waals surface area contributed by atoms with Gasteiger partial charge in [0.2, 0.25) is 0 Å². The fourth-order valence-corrected chi connectivity index (χ4v) is 1.92. The number of hydrogen-bond acceptors (Lipinski definition) is 4. The number of ketones is 1. The van der Waals surface area contributed by atoms with Crippen LogP contribution in [0, 0.1) is 6.92 Å². The number of fused-ring (bicyclic) bond motifs is 1. The summed E-state index contributed by atoms with van der Waals surface area (Å²) in [7, 11) is 2.01. The average Bonchev–Trinajstić information content (AvgIpc) is 2.66. The van der Waals surface area contributed by atoms with Crippen molar-refractivity contribution < 1.29 is 9.21 Å². The maximum absolute atomic E-state index is 10.9. The number of carbonyl (C=O) groups is 1. The fourth-order valence-electron chi connectivity index (χ4n) is 1.92. The molecular weight excluding hydrogens is 228 g/mol. The topological polar surface area (TPSA) is 46.3 Å². The minimum Gasteiger partial charge on any atom is -0.441 e. The van der Waals surface area contributed by atoms with Gasteiger partial charge in [-0.05, 0) is 31.7 Å². The SMILES string of the molecule is CC(=O)CCN(C)Cc1ccc2nc(C)oc2c1. The molecular formula is C14H18N2O2. The summed E-state index contributed by atoms with van der Waals surface area (Å²) < 4.78 is 5.50. The Morgan fingerprint density at radius 3 is 2.94 bits per heavy atom. The van der Waals surface area contributed by atoms with E-state index in [1.807, 2.05) is 26.1 Å². The number of benzene rings is 1. The molecule has 0 saturated carbocycles. The third-order valence-electron chi connectivity index (χ3n) is 2.86. The van der Waals surface area contributed by atoms with Gasteiger partial charge in [-0.25, -0.2) is 4.98 Å². The number of carbonyl (C=O) groups excluding carboxylic acids is 1. The van der Waals surface area contributed by atoms with Crippen LogP contribution in [0.1, 0.15) is 24.8 Å². The van der Waals surface area contributed by atoms with E-state index in [0.717, 1.165) is 24.2 Å². The summed E-state index contributed by atoms with van der Waals surface area (Å²) in [6.07, 6.45) is 0.597. The summed E-state index contributed by atoms with van der Waals surface area (Å²) in [5.74, 6) is 0.912. The van der Waals surface area contributed by atoms with Gasteiger partial charge in [0.25, 0.3) is 0 Å². The minimum absolute atomic E-state index is 0.225. The van der Waals surface area contributed by atoms with Gasteiger partial charge in [0, 0.05) is 26.4 Å². The van der Waals surface area contributed by atoms with Crippen molar-refractivity contribution in [1.82, 2.24) is 9.88 Å². The molecule has 1 heterocycles. The molecule has 0 fully saturated rings. The van der Waals surface area contributed by atoms with Gasteiger partial charge in [-0.2, -0.15) is 0 Å². The lowest BCUT2D eigenvalue weighted by molar-refractivity contribution is -0.117. The largest absolute Gasteiger partial charge is 0.441 e. The second-order valence-electron chi connectivity index (χ2n) is 4.72. The number of hydrogen-bond donors (Lipinski definition) is 0. The zero-order valence-electron chi connectivity index (χ0n) is 11.1. The average molecular weight is 246 g/mol. The van der Waals surface area contributed by atoms with Crippen LogP contribution >= 0.6 is 0 Å². The number of rotatable bonds is 5. The lowest BCUT2D eigenvalue weighted by Gasteiger charge is -2.15. The second-order valence-corrected chi connectivity index (χ2v) is 4.72. The van der Waals surface area contributed by atoms with E-state index in [1.54, 1.807) is 6.92 Å². The number of aromatic nitrogens is 1. The highest BCUT2D eigenvalue weighted by molar-refractivity contribution is 5.75. The molecule has 0 aliphatic heterocycles. The van der Waals surface area contributed by atoms with E-state index in [2.05, 4.69) is 16.0 Å². The first-order chi connectivity index (χ1) is 8.54. The molecule has 0 atom stereocenters. The zero-order valence-corrected chi connectivity index (χ0v) is 11.1. The van der Waals surface area contributed by atoms with E-state index < -0.39 is 0 Å². The van der Waals surface area contributed by atoms with Crippen molar-refractivity contribution in [3.05, 3.63) is 29.7 Å². The molecule has 2 rings (SSSR count). The first-order valence-corrected chi connectivity index (χ1v) is 6.08. The quantitative estimate of drug-likeness (QED) is 0.813. The Kier molecular flexibility index (Phi) is 3.77. The Balaban J connectivity index is 2.04. The maximum atomic E-state index is 10.9. The summed E-state index contributed by atoms with van der Waals surface area (Å²) in [6.45, 7) is 5.06. The molecule has 1 aromatic carbocycles. The van der Waals surface area contributed by atoms with Crippen LogP contribution in [0.3, 0.4) is 0 Å². The smallest absolute Gasteiger partial charge is 0.192 e. The Bertz CT molecular complexity index is 560. The molecule has 4 heteroatoms. The fraction of sp³-hybridized carbons (Fsp3) is 0.429. The highest BCUT2D eigenvalue weighted by Crippen LogP contribution is 2.17. The van der Waals surface area contributed by atoms with Crippen LogP contribution in [0.15, 0.2) is 22.6 Å². The van der Waals surface area contributed by atoms with Crippen molar-refractivity contribution in [1.29, 1.82) is 0 Å². The third kappa shape index (κ3) is 3.17. The molecule has 2 aromatic rings. The molecule has 96 valence electrons. The molecule has 0 amide bonds. The van der Waals surface area contributed by atoms with Gasteiger partial charge in [-0.15, -0.1) is 0 Å². The van der Waals surface area contributed by atoms with Crippen LogP contribution in [0.4, 0.5) is 0 Å². The van der Waals surface area contributed by atoms with Gasteiger partial charge in [-0.1, -0.05) is 6.07 Å². The van der Waals surface area contributed by atoms with Crippen LogP contribution in [-0.4, -0.2) is 29.3 Å². The first-order valence-electron chi connectivity index (χ1n) is 6.08. The van der Waals surface area contributed by atoms with Crippen LogP contribution in [-0.2, 0) is 11.3 Å². The molecule has 0 aliphatic carbocycles. The number of Topliss-reactive ketones (excluding diaryl/α,β-unsaturated/α-hetero) is 1. The standard InChI is InChI=1S/C14H18N2O2/c1-10(17)6-7-16(3)9-12-4-5-13-14(8-12)18-11(2)15-13/h4-5,8H,6-7,9H2,1-3H3. The molecule has 4 nitrogen and oxygen atoms in total. The highest BCUT2D eigenvalue weighted by Gasteiger charge is 2.06. The molecule has 0 radical (unpaired) electrons. The van der Waals surface area contributed by atoms with Crippen molar-refractivity contribution in [3.8, 4) is 0 Å². The molecule has 0 saturated heterocycles. The predicted octanol–water partition coefficient (Wildman–Crippen LogP) is 2.55. The van der Waals surface area contributed by atoms with E-state index in [0.29, 0.717) is 12.3 Å². The van der Waals surface area contributed by atoms with Crippen molar-refractivity contribution in [2.75, 3.05) is 13.6 Å². The van der Waals surface area contributed by atoms with Crippen LogP contribution < -0.4 is 0 Å². The Hall–Kier alpha value is -1.68. The van der Waals surface area contributed by atoms with Crippen molar-refractivity contribution in [2.24, 2.45) is 0 Å². The molecule has 0 aliphatic rings. The van der Waals surface area contributed by atoms with Gasteiger partial charge < -0.3 is 9.32 Å². The Morgan fingerprint density at radius 1 is 1.44 bits per heavy atom. The van der Waals surface area contributed by atoms with E-state index in [4.69, 9.17) is 4.42 Å². The van der Waals surface area contributed by atoms with Crippen molar-refractivity contribution in [3.63, 3.8) is 0 Å². The highest BCUT2D eigenvalue weighted by atomic mass is 16.3. The zero-order chi connectivity index (χ0) is 13.1. The molecule has 0 spiro atoms. The predicted molar refractivity (Wildman–Crippen MR) is 70.4 cm³/mol. The Morgan fingerprint density at radius 2 is 2.22 bits per heavy atom. The molecule has 18 heavy (non-hydrogen) atoms. The monoisotopic (exact) mass is 246 g/mol. The molecule has 1 aromatic heterocycles. The van der Waals surface area contributed by atoms with Gasteiger partial charge >= 0.3 is 0 Å². The Labute approximate surface area is 107 Å². The maximum Gasteiger partial charge on any atom is 0.192 e. The van der Waals surface area contributed by atoms with E-state index >= 15 is 0 Å². The van der Waals surface area contributed by atoms with Crippen LogP contribution in [0.25, 0.3) is 11.1 Å². The summed E-state index contributed by atoms with van der Waals surface area (Å²) >= 11 is 0. The number of nitrogens with zero attached hydrogens (tertiary/aromatic N) is 2. The lowest BCUT2D eigenvalue weighted by Crippen LogP contribution is -2.20. The normalized spacial score (nSPS) is 11.3. The molecule has 0 N–H and O–H groups in total. The number of aryl methyl sites for hydroxylation is 1. The van der Waals surface area contributed by atoms with Crippen LogP contribution in [0.2, 0.25) is 0 Å². The summed E-state index contributed by atoms with van der Waals surface area (Å²) in [5, 5.41) is 0. The van der Waals surface area contributed by atoms with Gasteiger partial charge in [-0.3, -0.25) is 4.79 Å². The lowest BCUT2D eigenvalue weighted by atomic mass is 10.2. The van der Waals surface area contributed by atoms with Gasteiger partial charge in [0.1, 0.15) is 11.3 Å². The van der Waals surface area contributed by atoms with Crippen molar-refractivity contribution >= 4 is 16.9 Å².